The van der Waals surface area contributed by atoms with Crippen molar-refractivity contribution in [1.29, 1.82) is 0 Å². The van der Waals surface area contributed by atoms with Gasteiger partial charge in [0.25, 0.3) is 0 Å². The summed E-state index contributed by atoms with van der Waals surface area (Å²) < 4.78 is 18.8. The van der Waals surface area contributed by atoms with Gasteiger partial charge >= 0.3 is 0 Å². The van der Waals surface area contributed by atoms with Gasteiger partial charge in [0, 0.05) is 51.1 Å². The number of halogens is 1. The Bertz CT molecular complexity index is 531. The molecule has 2 aliphatic heterocycles. The summed E-state index contributed by atoms with van der Waals surface area (Å²) in [7, 11) is 1.76. The Kier molecular flexibility index (Phi) is 5.19. The van der Waals surface area contributed by atoms with E-state index in [1.165, 1.54) is 5.69 Å². The zero-order chi connectivity index (χ0) is 16.4. The Morgan fingerprint density at radius 1 is 1.17 bits per heavy atom. The fourth-order valence-electron chi connectivity index (χ4n) is 3.99. The molecule has 0 bridgehead atoms. The number of piperidine rings is 2. The third-order valence-corrected chi connectivity index (χ3v) is 5.42. The molecule has 0 spiro atoms. The molecule has 0 aliphatic carbocycles. The lowest BCUT2D eigenvalue weighted by Gasteiger charge is -2.44. The van der Waals surface area contributed by atoms with Crippen molar-refractivity contribution in [2.75, 3.05) is 38.2 Å². The predicted octanol–water partition coefficient (Wildman–Crippen LogP) is 2.15. The van der Waals surface area contributed by atoms with Crippen LogP contribution < -0.4 is 10.6 Å². The lowest BCUT2D eigenvalue weighted by Crippen LogP contribution is -2.56. The second kappa shape index (κ2) is 7.16. The summed E-state index contributed by atoms with van der Waals surface area (Å²) >= 11 is 0. The molecule has 0 aromatic heterocycles. The van der Waals surface area contributed by atoms with Crippen molar-refractivity contribution in [2.24, 2.45) is 5.73 Å². The van der Waals surface area contributed by atoms with Gasteiger partial charge in [-0.1, -0.05) is 0 Å². The zero-order valence-electron chi connectivity index (χ0n) is 14.2. The molecule has 0 amide bonds. The Morgan fingerprint density at radius 2 is 1.91 bits per heavy atom. The van der Waals surface area contributed by atoms with Crippen molar-refractivity contribution in [2.45, 2.75) is 44.4 Å². The number of hydrogen-bond donors (Lipinski definition) is 1. The molecule has 128 valence electrons. The van der Waals surface area contributed by atoms with Crippen LogP contribution in [-0.4, -0.2) is 56.4 Å². The minimum atomic E-state index is -0.156. The molecule has 2 saturated heterocycles. The highest BCUT2D eigenvalue weighted by molar-refractivity contribution is 5.53. The number of rotatable bonds is 3. The molecule has 1 aromatic carbocycles. The van der Waals surface area contributed by atoms with Crippen molar-refractivity contribution in [3.8, 4) is 0 Å². The van der Waals surface area contributed by atoms with Gasteiger partial charge in [-0.3, -0.25) is 4.90 Å². The number of ether oxygens (including phenoxy) is 1. The maximum atomic E-state index is 13.3. The zero-order valence-corrected chi connectivity index (χ0v) is 14.2. The molecule has 4 nitrogen and oxygen atoms in total. The van der Waals surface area contributed by atoms with Gasteiger partial charge < -0.3 is 15.4 Å². The molecule has 1 aromatic rings. The molecule has 2 fully saturated rings. The van der Waals surface area contributed by atoms with E-state index in [0.29, 0.717) is 6.04 Å². The summed E-state index contributed by atoms with van der Waals surface area (Å²) in [5.74, 6) is -0.156. The predicted molar refractivity (Wildman–Crippen MR) is 91.3 cm³/mol. The smallest absolute Gasteiger partial charge is 0.123 e. The summed E-state index contributed by atoms with van der Waals surface area (Å²) in [6, 6.07) is 5.86. The number of likely N-dealkylation sites (tertiary alicyclic amines) is 1. The fraction of sp³-hybridized carbons (Fsp3) is 0.667. The minimum Gasteiger partial charge on any atom is -0.379 e. The number of anilines is 1. The Balaban J connectivity index is 1.58. The molecule has 2 aliphatic rings. The molecular formula is C18H28FN3O. The lowest BCUT2D eigenvalue weighted by atomic mass is 9.96. The number of nitrogens with zero attached hydrogens (tertiary/aromatic N) is 2. The summed E-state index contributed by atoms with van der Waals surface area (Å²) in [6.07, 6.45) is 3.45. The SMILES string of the molecule is CO[C@@H]1CN(C2CCN(c3ccc(F)cc3C)CC2)CC[C@@H]1N. The monoisotopic (exact) mass is 321 g/mol. The topological polar surface area (TPSA) is 41.7 Å². The van der Waals surface area contributed by atoms with Crippen molar-refractivity contribution in [3.05, 3.63) is 29.6 Å². The number of benzene rings is 1. The average Bonchev–Trinajstić information content (AvgIpc) is 2.56. The van der Waals surface area contributed by atoms with Crippen LogP contribution in [0.1, 0.15) is 24.8 Å². The van der Waals surface area contributed by atoms with Crippen molar-refractivity contribution >= 4 is 5.69 Å². The molecule has 23 heavy (non-hydrogen) atoms. The van der Waals surface area contributed by atoms with Gasteiger partial charge in [0.15, 0.2) is 0 Å². The van der Waals surface area contributed by atoms with Crippen LogP contribution in [-0.2, 0) is 4.74 Å². The van der Waals surface area contributed by atoms with E-state index in [1.807, 2.05) is 13.0 Å². The molecule has 0 saturated carbocycles. The first kappa shape index (κ1) is 16.7. The molecule has 2 heterocycles. The van der Waals surface area contributed by atoms with E-state index in [-0.39, 0.29) is 18.0 Å². The van der Waals surface area contributed by atoms with E-state index in [4.69, 9.17) is 10.5 Å². The van der Waals surface area contributed by atoms with E-state index < -0.39 is 0 Å². The van der Waals surface area contributed by atoms with Crippen LogP contribution in [0.5, 0.6) is 0 Å². The number of hydrogen-bond acceptors (Lipinski definition) is 4. The number of aryl methyl sites for hydroxylation is 1. The highest BCUT2D eigenvalue weighted by Crippen LogP contribution is 2.27. The van der Waals surface area contributed by atoms with Gasteiger partial charge in [-0.2, -0.15) is 0 Å². The van der Waals surface area contributed by atoms with Crippen molar-refractivity contribution in [3.63, 3.8) is 0 Å². The number of methoxy groups -OCH3 is 1. The quantitative estimate of drug-likeness (QED) is 0.926. The second-order valence-corrected chi connectivity index (χ2v) is 6.87. The van der Waals surface area contributed by atoms with Gasteiger partial charge in [0.1, 0.15) is 5.82 Å². The summed E-state index contributed by atoms with van der Waals surface area (Å²) in [5.41, 5.74) is 8.30. The summed E-state index contributed by atoms with van der Waals surface area (Å²) in [4.78, 5) is 4.93. The first-order chi connectivity index (χ1) is 11.1. The van der Waals surface area contributed by atoms with E-state index in [0.717, 1.165) is 51.0 Å². The first-order valence-corrected chi connectivity index (χ1v) is 8.62. The molecule has 2 N–H and O–H groups in total. The maximum absolute atomic E-state index is 13.3. The van der Waals surface area contributed by atoms with Crippen LogP contribution >= 0.6 is 0 Å². The molecule has 3 rings (SSSR count). The molecule has 0 unspecified atom stereocenters. The number of nitrogens with two attached hydrogens (primary N) is 1. The lowest BCUT2D eigenvalue weighted by molar-refractivity contribution is -0.00266. The molecule has 0 radical (unpaired) electrons. The van der Waals surface area contributed by atoms with E-state index in [1.54, 1.807) is 19.2 Å². The minimum absolute atomic E-state index is 0.154. The molecule has 2 atom stereocenters. The van der Waals surface area contributed by atoms with Gasteiger partial charge in [-0.25, -0.2) is 4.39 Å². The van der Waals surface area contributed by atoms with E-state index in [2.05, 4.69) is 9.80 Å². The van der Waals surface area contributed by atoms with Crippen molar-refractivity contribution < 1.29 is 9.13 Å². The van der Waals surface area contributed by atoms with E-state index in [9.17, 15) is 4.39 Å². The van der Waals surface area contributed by atoms with E-state index >= 15 is 0 Å². The standard InChI is InChI=1S/C18H28FN3O/c1-13-11-14(19)3-4-17(13)21-8-5-15(6-9-21)22-10-7-16(20)18(12-22)23-2/h3-4,11,15-16,18H,5-10,12,20H2,1-2H3/t16-,18+/m0/s1. The second-order valence-electron chi connectivity index (χ2n) is 6.87. The van der Waals surface area contributed by atoms with Crippen LogP contribution in [0.25, 0.3) is 0 Å². The highest BCUT2D eigenvalue weighted by Gasteiger charge is 2.32. The van der Waals surface area contributed by atoms with Gasteiger partial charge in [-0.15, -0.1) is 0 Å². The largest absolute Gasteiger partial charge is 0.379 e. The van der Waals surface area contributed by atoms with Crippen molar-refractivity contribution in [1.82, 2.24) is 4.90 Å². The Morgan fingerprint density at radius 3 is 2.57 bits per heavy atom. The molecular weight excluding hydrogens is 293 g/mol. The summed E-state index contributed by atoms with van der Waals surface area (Å²) in [6.45, 7) is 6.05. The third kappa shape index (κ3) is 3.67. The fourth-order valence-corrected chi connectivity index (χ4v) is 3.99. The molecule has 5 heteroatoms. The van der Waals surface area contributed by atoms with Crippen LogP contribution in [0.2, 0.25) is 0 Å². The van der Waals surface area contributed by atoms with Gasteiger partial charge in [0.05, 0.1) is 6.10 Å². The van der Waals surface area contributed by atoms with Crippen LogP contribution in [0.3, 0.4) is 0 Å². The first-order valence-electron chi connectivity index (χ1n) is 8.62. The Hall–Kier alpha value is -1.17. The van der Waals surface area contributed by atoms with Crippen LogP contribution in [0.15, 0.2) is 18.2 Å². The van der Waals surface area contributed by atoms with Crippen LogP contribution in [0.4, 0.5) is 10.1 Å². The normalized spacial score (nSPS) is 27.4. The van der Waals surface area contributed by atoms with Gasteiger partial charge in [0.2, 0.25) is 0 Å². The van der Waals surface area contributed by atoms with Crippen LogP contribution in [0, 0.1) is 12.7 Å². The summed E-state index contributed by atoms with van der Waals surface area (Å²) in [5, 5.41) is 0. The average molecular weight is 321 g/mol. The van der Waals surface area contributed by atoms with Gasteiger partial charge in [-0.05, 0) is 49.9 Å². The third-order valence-electron chi connectivity index (χ3n) is 5.42. The Labute approximate surface area is 138 Å². The highest BCUT2D eigenvalue weighted by atomic mass is 19.1. The maximum Gasteiger partial charge on any atom is 0.123 e.